The van der Waals surface area contributed by atoms with E-state index in [4.69, 9.17) is 9.47 Å². The maximum Gasteiger partial charge on any atom is 0.0701 e. The van der Waals surface area contributed by atoms with E-state index in [0.717, 1.165) is 32.7 Å². The molecule has 31 heavy (non-hydrogen) atoms. The zero-order chi connectivity index (χ0) is 22.9. The predicted molar refractivity (Wildman–Crippen MR) is 139 cm³/mol. The number of hydrogen-bond donors (Lipinski definition) is 0. The molecule has 0 radical (unpaired) electrons. The summed E-state index contributed by atoms with van der Waals surface area (Å²) in [5.41, 5.74) is 0.0503. The lowest BCUT2D eigenvalue weighted by molar-refractivity contribution is -0.0760. The van der Waals surface area contributed by atoms with E-state index in [-0.39, 0.29) is 5.60 Å². The summed E-state index contributed by atoms with van der Waals surface area (Å²) in [4.78, 5) is 0. The van der Waals surface area contributed by atoms with Crippen LogP contribution in [0.25, 0.3) is 0 Å². The van der Waals surface area contributed by atoms with Crippen molar-refractivity contribution >= 4 is 0 Å². The number of ether oxygens (including phenoxy) is 2. The van der Waals surface area contributed by atoms with E-state index in [2.05, 4.69) is 27.7 Å². The molecule has 0 rings (SSSR count). The van der Waals surface area contributed by atoms with E-state index in [0.29, 0.717) is 0 Å². The van der Waals surface area contributed by atoms with Crippen molar-refractivity contribution in [2.75, 3.05) is 19.8 Å². The van der Waals surface area contributed by atoms with E-state index >= 15 is 0 Å². The first kappa shape index (κ1) is 30.9. The maximum atomic E-state index is 6.47. The van der Waals surface area contributed by atoms with Gasteiger partial charge in [-0.15, -0.1) is 0 Å². The summed E-state index contributed by atoms with van der Waals surface area (Å²) in [6.45, 7) is 11.9. The Bertz CT molecular complexity index is 331. The molecule has 0 fully saturated rings. The average molecular weight is 441 g/mol. The molecule has 0 aliphatic rings. The van der Waals surface area contributed by atoms with Gasteiger partial charge in [0.1, 0.15) is 0 Å². The lowest BCUT2D eigenvalue weighted by Gasteiger charge is -2.33. The Hall–Kier alpha value is -0.0800. The van der Waals surface area contributed by atoms with Gasteiger partial charge in [0.05, 0.1) is 5.60 Å². The summed E-state index contributed by atoms with van der Waals surface area (Å²) in [7, 11) is 0. The van der Waals surface area contributed by atoms with Gasteiger partial charge in [0.25, 0.3) is 0 Å². The Morgan fingerprint density at radius 1 is 0.419 bits per heavy atom. The fourth-order valence-electron chi connectivity index (χ4n) is 4.58. The highest BCUT2D eigenvalue weighted by Crippen LogP contribution is 2.27. The topological polar surface area (TPSA) is 18.5 Å². The van der Waals surface area contributed by atoms with Gasteiger partial charge in [-0.1, -0.05) is 130 Å². The molecular formula is C29H60O2. The molecule has 0 aromatic rings. The van der Waals surface area contributed by atoms with Crippen molar-refractivity contribution in [1.82, 2.24) is 0 Å². The second-order valence-electron chi connectivity index (χ2n) is 9.80. The van der Waals surface area contributed by atoms with Crippen LogP contribution in [0.3, 0.4) is 0 Å². The molecule has 0 bridgehead atoms. The van der Waals surface area contributed by atoms with Crippen LogP contribution in [-0.2, 0) is 9.47 Å². The van der Waals surface area contributed by atoms with Crippen molar-refractivity contribution in [3.63, 3.8) is 0 Å². The monoisotopic (exact) mass is 440 g/mol. The van der Waals surface area contributed by atoms with Gasteiger partial charge in [0.15, 0.2) is 0 Å². The van der Waals surface area contributed by atoms with Gasteiger partial charge in [0, 0.05) is 19.8 Å². The summed E-state index contributed by atoms with van der Waals surface area (Å²) in [5.74, 6) is 0. The Kier molecular flexibility index (Phi) is 24.5. The molecule has 188 valence electrons. The molecule has 1 atom stereocenters. The third-order valence-corrected chi connectivity index (χ3v) is 6.85. The summed E-state index contributed by atoms with van der Waals surface area (Å²) < 4.78 is 12.5. The van der Waals surface area contributed by atoms with Crippen LogP contribution in [0.2, 0.25) is 0 Å². The largest absolute Gasteiger partial charge is 0.381 e. The highest BCUT2D eigenvalue weighted by Gasteiger charge is 2.27. The first-order chi connectivity index (χ1) is 15.2. The predicted octanol–water partition coefficient (Wildman–Crippen LogP) is 10.0. The zero-order valence-corrected chi connectivity index (χ0v) is 22.3. The molecule has 0 aromatic heterocycles. The van der Waals surface area contributed by atoms with Gasteiger partial charge in [0.2, 0.25) is 0 Å². The van der Waals surface area contributed by atoms with Crippen LogP contribution in [0.15, 0.2) is 0 Å². The minimum absolute atomic E-state index is 0.0503. The van der Waals surface area contributed by atoms with Crippen molar-refractivity contribution in [3.05, 3.63) is 0 Å². The number of unbranched alkanes of at least 4 members (excludes halogenated alkanes) is 15. The number of rotatable bonds is 26. The van der Waals surface area contributed by atoms with Crippen LogP contribution < -0.4 is 0 Å². The minimum Gasteiger partial charge on any atom is -0.381 e. The summed E-state index contributed by atoms with van der Waals surface area (Å²) in [6, 6.07) is 0. The van der Waals surface area contributed by atoms with Gasteiger partial charge < -0.3 is 9.47 Å². The van der Waals surface area contributed by atoms with Crippen molar-refractivity contribution in [3.8, 4) is 0 Å². The summed E-state index contributed by atoms with van der Waals surface area (Å²) in [6.07, 6.45) is 27.8. The second kappa shape index (κ2) is 24.6. The van der Waals surface area contributed by atoms with Crippen molar-refractivity contribution in [2.45, 2.75) is 168 Å². The van der Waals surface area contributed by atoms with Gasteiger partial charge in [-0.2, -0.15) is 0 Å². The molecule has 2 nitrogen and oxygen atoms in total. The smallest absolute Gasteiger partial charge is 0.0701 e. The molecule has 0 spiro atoms. The molecule has 0 heterocycles. The van der Waals surface area contributed by atoms with Crippen LogP contribution >= 0.6 is 0 Å². The Morgan fingerprint density at radius 3 is 1.32 bits per heavy atom. The summed E-state index contributed by atoms with van der Waals surface area (Å²) >= 11 is 0. The molecule has 0 amide bonds. The molecule has 0 aliphatic heterocycles. The van der Waals surface area contributed by atoms with E-state index in [1.807, 2.05) is 0 Å². The fraction of sp³-hybridized carbons (Fsp3) is 1.00. The second-order valence-corrected chi connectivity index (χ2v) is 9.80. The lowest BCUT2D eigenvalue weighted by atomic mass is 9.91. The van der Waals surface area contributed by atoms with Crippen LogP contribution in [0.5, 0.6) is 0 Å². The first-order valence-corrected chi connectivity index (χ1v) is 14.5. The van der Waals surface area contributed by atoms with Gasteiger partial charge in [-0.25, -0.2) is 0 Å². The highest BCUT2D eigenvalue weighted by atomic mass is 16.5. The normalized spacial score (nSPS) is 13.5. The van der Waals surface area contributed by atoms with Crippen LogP contribution in [0.1, 0.15) is 163 Å². The highest BCUT2D eigenvalue weighted by molar-refractivity contribution is 4.79. The molecule has 0 N–H and O–H groups in total. The molecule has 1 unspecified atom stereocenters. The Balaban J connectivity index is 3.72. The van der Waals surface area contributed by atoms with Crippen molar-refractivity contribution < 1.29 is 9.47 Å². The fourth-order valence-corrected chi connectivity index (χ4v) is 4.58. The van der Waals surface area contributed by atoms with E-state index in [9.17, 15) is 0 Å². The minimum atomic E-state index is 0.0503. The average Bonchev–Trinajstić information content (AvgIpc) is 2.78. The quantitative estimate of drug-likeness (QED) is 0.125. The molecule has 0 saturated heterocycles. The molecule has 2 heteroatoms. The SMILES string of the molecule is CCCCCCCCCCCCOCCC(CC)(CCC)OCCCCCCCCC. The molecular weight excluding hydrogens is 380 g/mol. The van der Waals surface area contributed by atoms with Gasteiger partial charge in [-0.05, 0) is 32.1 Å². The van der Waals surface area contributed by atoms with E-state index in [1.54, 1.807) is 0 Å². The molecule has 0 aromatic carbocycles. The zero-order valence-electron chi connectivity index (χ0n) is 22.3. The Labute approximate surface area is 197 Å². The van der Waals surface area contributed by atoms with Gasteiger partial charge in [-0.3, -0.25) is 0 Å². The van der Waals surface area contributed by atoms with Crippen LogP contribution in [0.4, 0.5) is 0 Å². The van der Waals surface area contributed by atoms with Gasteiger partial charge >= 0.3 is 0 Å². The molecule has 0 saturated carbocycles. The van der Waals surface area contributed by atoms with Crippen LogP contribution in [-0.4, -0.2) is 25.4 Å². The van der Waals surface area contributed by atoms with Crippen molar-refractivity contribution in [2.24, 2.45) is 0 Å². The standard InChI is InChI=1S/C29H60O2/c1-5-9-11-13-15-16-17-19-20-22-26-30-28-25-29(8-4,24-7-3)31-27-23-21-18-14-12-10-6-2/h5-28H2,1-4H3. The molecule has 0 aliphatic carbocycles. The third kappa shape index (κ3) is 20.3. The van der Waals surface area contributed by atoms with Crippen LogP contribution in [0, 0.1) is 0 Å². The third-order valence-electron chi connectivity index (χ3n) is 6.85. The number of hydrogen-bond acceptors (Lipinski definition) is 2. The van der Waals surface area contributed by atoms with Crippen molar-refractivity contribution in [1.29, 1.82) is 0 Å². The van der Waals surface area contributed by atoms with E-state index in [1.165, 1.54) is 122 Å². The van der Waals surface area contributed by atoms with E-state index < -0.39 is 0 Å². The lowest BCUT2D eigenvalue weighted by Crippen LogP contribution is -2.34. The summed E-state index contributed by atoms with van der Waals surface area (Å²) in [5, 5.41) is 0. The Morgan fingerprint density at radius 2 is 0.871 bits per heavy atom. The maximum absolute atomic E-state index is 6.47. The first-order valence-electron chi connectivity index (χ1n) is 14.5.